The van der Waals surface area contributed by atoms with Gasteiger partial charge in [-0.15, -0.1) is 0 Å². The first kappa shape index (κ1) is 21.5. The number of rotatable bonds is 6. The minimum Gasteiger partial charge on any atom is -0.495 e. The van der Waals surface area contributed by atoms with Crippen LogP contribution in [0.25, 0.3) is 0 Å². The van der Waals surface area contributed by atoms with Crippen LogP contribution in [0.5, 0.6) is 11.8 Å². The minimum absolute atomic E-state index is 0.00881. The molecule has 0 radical (unpaired) electrons. The number of benzene rings is 2. The Bertz CT molecular complexity index is 1320. The molecule has 0 saturated carbocycles. The summed E-state index contributed by atoms with van der Waals surface area (Å²) in [5.41, 5.74) is 2.89. The van der Waals surface area contributed by atoms with Crippen LogP contribution in [-0.2, 0) is 13.0 Å². The molecule has 1 amide bonds. The summed E-state index contributed by atoms with van der Waals surface area (Å²) in [5.74, 6) is 1.45. The van der Waals surface area contributed by atoms with Crippen molar-refractivity contribution in [2.75, 3.05) is 32.7 Å². The molecule has 1 atom stereocenters. The third-order valence-corrected chi connectivity index (χ3v) is 6.13. The Labute approximate surface area is 197 Å². The minimum atomic E-state index is -0.199. The van der Waals surface area contributed by atoms with Crippen molar-refractivity contribution in [2.45, 2.75) is 19.0 Å². The van der Waals surface area contributed by atoms with Crippen LogP contribution in [0, 0.1) is 11.3 Å². The van der Waals surface area contributed by atoms with Crippen LogP contribution in [0.2, 0.25) is 0 Å². The number of aliphatic imine (C=N–C) groups is 1. The smallest absolute Gasteiger partial charge is 0.299 e. The Balaban J connectivity index is 1.50. The molecule has 0 N–H and O–H groups in total. The summed E-state index contributed by atoms with van der Waals surface area (Å²) in [4.78, 5) is 26.5. The van der Waals surface area contributed by atoms with E-state index in [1.807, 2.05) is 29.2 Å². The van der Waals surface area contributed by atoms with Gasteiger partial charge in [0.1, 0.15) is 11.8 Å². The molecule has 2 aliphatic rings. The van der Waals surface area contributed by atoms with Crippen LogP contribution < -0.4 is 14.4 Å². The molecule has 0 saturated heterocycles. The predicted octanol–water partition coefficient (Wildman–Crippen LogP) is 2.69. The van der Waals surface area contributed by atoms with Gasteiger partial charge in [-0.3, -0.25) is 19.2 Å². The van der Waals surface area contributed by atoms with Crippen molar-refractivity contribution in [3.63, 3.8) is 0 Å². The van der Waals surface area contributed by atoms with E-state index in [0.717, 1.165) is 12.0 Å². The monoisotopic (exact) mass is 456 g/mol. The van der Waals surface area contributed by atoms with Gasteiger partial charge < -0.3 is 9.47 Å². The number of carbonyl (C=O) groups excluding carboxylic acids is 1. The number of methoxy groups -OCH3 is 2. The first-order valence-corrected chi connectivity index (χ1v) is 10.9. The average Bonchev–Trinajstić information content (AvgIpc) is 3.44. The summed E-state index contributed by atoms with van der Waals surface area (Å²) in [6, 6.07) is 18.0. The molecule has 1 aromatic heterocycles. The van der Waals surface area contributed by atoms with Gasteiger partial charge in [-0.1, -0.05) is 36.4 Å². The number of fused-ring (bicyclic) bond motifs is 3. The van der Waals surface area contributed by atoms with E-state index in [1.54, 1.807) is 28.6 Å². The normalized spacial score (nSPS) is 16.6. The van der Waals surface area contributed by atoms with Crippen molar-refractivity contribution in [3.05, 3.63) is 70.9 Å². The molecular weight excluding hydrogens is 432 g/mol. The molecule has 34 heavy (non-hydrogen) atoms. The number of aromatic nitrogens is 2. The Kier molecular flexibility index (Phi) is 5.42. The highest BCUT2D eigenvalue weighted by Gasteiger charge is 2.42. The molecule has 9 nitrogen and oxygen atoms in total. The topological polar surface area (TPSA) is 96.0 Å². The zero-order chi connectivity index (χ0) is 23.8. The third-order valence-electron chi connectivity index (χ3n) is 6.13. The summed E-state index contributed by atoms with van der Waals surface area (Å²) in [6.07, 6.45) is 0.777. The first-order chi connectivity index (χ1) is 16.5. The van der Waals surface area contributed by atoms with Gasteiger partial charge in [-0.25, -0.2) is 4.99 Å². The van der Waals surface area contributed by atoms with Crippen molar-refractivity contribution in [1.29, 1.82) is 5.26 Å². The number of imidazole rings is 1. The van der Waals surface area contributed by atoms with Crippen LogP contribution in [0.4, 0.5) is 5.82 Å². The molecule has 0 unspecified atom stereocenters. The van der Waals surface area contributed by atoms with Gasteiger partial charge >= 0.3 is 0 Å². The standard InChI is InChI=1S/C25H24N6O3/c1-29-23(32)21-22(31-15-19(27-24(29)31)12-16-7-5-4-6-8-16)28-25(34-3)30(21)14-17-9-10-20(33-2)18(11-17)13-26/h4-11,19H,12,14-15H2,1-3H3/t19-/m1/s1. The van der Waals surface area contributed by atoms with Crippen LogP contribution in [0.1, 0.15) is 27.2 Å². The van der Waals surface area contributed by atoms with Crippen LogP contribution in [-0.4, -0.2) is 60.2 Å². The summed E-state index contributed by atoms with van der Waals surface area (Å²) in [7, 11) is 4.79. The van der Waals surface area contributed by atoms with Crippen LogP contribution in [0.3, 0.4) is 0 Å². The number of amides is 1. The van der Waals surface area contributed by atoms with Crippen molar-refractivity contribution in [2.24, 2.45) is 4.99 Å². The Morgan fingerprint density at radius 2 is 1.91 bits per heavy atom. The second-order valence-electron chi connectivity index (χ2n) is 8.25. The second-order valence-corrected chi connectivity index (χ2v) is 8.25. The number of hydrogen-bond donors (Lipinski definition) is 0. The summed E-state index contributed by atoms with van der Waals surface area (Å²) in [6.45, 7) is 0.938. The number of nitrogens with zero attached hydrogens (tertiary/aromatic N) is 6. The maximum absolute atomic E-state index is 13.4. The quantitative estimate of drug-likeness (QED) is 0.566. The first-order valence-electron chi connectivity index (χ1n) is 10.9. The van der Waals surface area contributed by atoms with E-state index in [-0.39, 0.29) is 11.9 Å². The van der Waals surface area contributed by atoms with Crippen molar-refractivity contribution in [1.82, 2.24) is 14.5 Å². The number of carbonyl (C=O) groups is 1. The number of anilines is 1. The van der Waals surface area contributed by atoms with E-state index < -0.39 is 0 Å². The van der Waals surface area contributed by atoms with Gasteiger partial charge in [0.25, 0.3) is 11.9 Å². The van der Waals surface area contributed by atoms with Gasteiger partial charge in [0.2, 0.25) is 5.96 Å². The molecule has 0 bridgehead atoms. The molecule has 0 spiro atoms. The maximum Gasteiger partial charge on any atom is 0.299 e. The molecule has 2 aromatic carbocycles. The number of nitriles is 1. The summed E-state index contributed by atoms with van der Waals surface area (Å²) in [5, 5.41) is 9.45. The fourth-order valence-corrected chi connectivity index (χ4v) is 4.51. The van der Waals surface area contributed by atoms with Gasteiger partial charge in [0.15, 0.2) is 11.5 Å². The largest absolute Gasteiger partial charge is 0.495 e. The number of ether oxygens (including phenoxy) is 2. The fourth-order valence-electron chi connectivity index (χ4n) is 4.51. The Hall–Kier alpha value is -4.32. The van der Waals surface area contributed by atoms with E-state index in [0.29, 0.717) is 47.9 Å². The van der Waals surface area contributed by atoms with E-state index in [4.69, 9.17) is 14.5 Å². The van der Waals surface area contributed by atoms with Gasteiger partial charge in [-0.2, -0.15) is 10.2 Å². The van der Waals surface area contributed by atoms with Gasteiger partial charge in [-0.05, 0) is 29.7 Å². The summed E-state index contributed by atoms with van der Waals surface area (Å²) < 4.78 is 12.5. The average molecular weight is 457 g/mol. The highest BCUT2D eigenvalue weighted by atomic mass is 16.5. The van der Waals surface area contributed by atoms with Crippen molar-refractivity contribution >= 4 is 17.7 Å². The number of hydrogen-bond acceptors (Lipinski definition) is 7. The molecule has 2 aliphatic heterocycles. The highest BCUT2D eigenvalue weighted by Crippen LogP contribution is 2.35. The number of guanidine groups is 1. The van der Waals surface area contributed by atoms with E-state index in [9.17, 15) is 10.1 Å². The van der Waals surface area contributed by atoms with Crippen molar-refractivity contribution in [3.8, 4) is 17.8 Å². The molecule has 5 rings (SSSR count). The molecule has 0 fully saturated rings. The van der Waals surface area contributed by atoms with Crippen LogP contribution in [0.15, 0.2) is 53.5 Å². The molecule has 9 heteroatoms. The highest BCUT2D eigenvalue weighted by molar-refractivity contribution is 6.18. The molecule has 0 aliphatic carbocycles. The van der Waals surface area contributed by atoms with Gasteiger partial charge in [0.05, 0.1) is 38.9 Å². The summed E-state index contributed by atoms with van der Waals surface area (Å²) >= 11 is 0. The zero-order valence-corrected chi connectivity index (χ0v) is 19.2. The molecule has 172 valence electrons. The van der Waals surface area contributed by atoms with Crippen molar-refractivity contribution < 1.29 is 14.3 Å². The second kappa shape index (κ2) is 8.56. The fraction of sp³-hybridized carbons (Fsp3) is 0.280. The SMILES string of the molecule is COc1ccc(Cn2c(OC)nc3c2C(=O)N(C)C2=N[C@H](Cc4ccccc4)CN23)cc1C#N. The molecular formula is C25H24N6O3. The zero-order valence-electron chi connectivity index (χ0n) is 19.2. The Morgan fingerprint density at radius 1 is 1.12 bits per heavy atom. The van der Waals surface area contributed by atoms with E-state index in [2.05, 4.69) is 23.2 Å². The van der Waals surface area contributed by atoms with Gasteiger partial charge in [0, 0.05) is 7.05 Å². The van der Waals surface area contributed by atoms with E-state index in [1.165, 1.54) is 19.8 Å². The molecule has 3 heterocycles. The lowest BCUT2D eigenvalue weighted by molar-refractivity contribution is 0.0854. The lowest BCUT2D eigenvalue weighted by Gasteiger charge is -2.31. The predicted molar refractivity (Wildman–Crippen MR) is 126 cm³/mol. The Morgan fingerprint density at radius 3 is 2.62 bits per heavy atom. The van der Waals surface area contributed by atoms with E-state index >= 15 is 0 Å². The van der Waals surface area contributed by atoms with Crippen LogP contribution >= 0.6 is 0 Å². The molecule has 3 aromatic rings. The third kappa shape index (κ3) is 3.53. The maximum atomic E-state index is 13.4. The lowest BCUT2D eigenvalue weighted by atomic mass is 10.1. The lowest BCUT2D eigenvalue weighted by Crippen LogP contribution is -2.48.